The van der Waals surface area contributed by atoms with E-state index >= 15 is 0 Å². The fourth-order valence-corrected chi connectivity index (χ4v) is 2.47. The first-order chi connectivity index (χ1) is 12.2. The van der Waals surface area contributed by atoms with E-state index in [0.717, 1.165) is 31.4 Å². The van der Waals surface area contributed by atoms with E-state index in [1.807, 2.05) is 30.3 Å². The Balaban J connectivity index is 0.000000593. The van der Waals surface area contributed by atoms with Crippen LogP contribution in [0.1, 0.15) is 84.5 Å². The number of Topliss-reactive ketones (excluding diaryl/α,β-unsaturated/α-hetero) is 1. The van der Waals surface area contributed by atoms with Gasteiger partial charge in [0.25, 0.3) is 0 Å². The third-order valence-corrected chi connectivity index (χ3v) is 4.02. The molecule has 0 unspecified atom stereocenters. The summed E-state index contributed by atoms with van der Waals surface area (Å²) >= 11 is 0. The highest BCUT2D eigenvalue weighted by Crippen LogP contribution is 2.08. The Morgan fingerprint density at radius 3 is 1.96 bits per heavy atom. The second kappa shape index (κ2) is 18.8. The van der Waals surface area contributed by atoms with Gasteiger partial charge >= 0.3 is 0 Å². The average Bonchev–Trinajstić information content (AvgIpc) is 2.63. The van der Waals surface area contributed by atoms with Gasteiger partial charge in [-0.15, -0.1) is 0 Å². The Hall–Kier alpha value is -1.57. The zero-order valence-corrected chi connectivity index (χ0v) is 16.6. The molecule has 0 saturated heterocycles. The first kappa shape index (κ1) is 23.4. The topological polar surface area (TPSA) is 26.3 Å². The number of ether oxygens (including phenoxy) is 1. The maximum absolute atomic E-state index is 10.7. The molecule has 0 amide bonds. The number of hydrogen-bond donors (Lipinski definition) is 0. The van der Waals surface area contributed by atoms with E-state index in [-0.39, 0.29) is 0 Å². The van der Waals surface area contributed by atoms with Crippen LogP contribution in [0.5, 0.6) is 5.75 Å². The maximum atomic E-state index is 10.7. The summed E-state index contributed by atoms with van der Waals surface area (Å²) in [5.41, 5.74) is 0. The van der Waals surface area contributed by atoms with Gasteiger partial charge < -0.3 is 9.53 Å². The molecule has 0 fully saturated rings. The molecule has 2 heteroatoms. The van der Waals surface area contributed by atoms with Gasteiger partial charge in [-0.2, -0.15) is 0 Å². The molecule has 25 heavy (non-hydrogen) atoms. The fourth-order valence-electron chi connectivity index (χ4n) is 2.47. The van der Waals surface area contributed by atoms with Crippen LogP contribution in [0.3, 0.4) is 0 Å². The standard InChI is InChI=1S/C16H30O.C7H8O/c1-3-4-5-6-7-8-9-10-11-12-13-14-15-16(2)17;1-8-7-5-3-2-4-6-7/h10-11H,3-9,12-15H2,1-2H3;2-6H,1H3/b11-10+;. The number of carbonyl (C=O) groups is 1. The average molecular weight is 347 g/mol. The van der Waals surface area contributed by atoms with Gasteiger partial charge in [-0.25, -0.2) is 0 Å². The predicted molar refractivity (Wildman–Crippen MR) is 109 cm³/mol. The van der Waals surface area contributed by atoms with E-state index in [2.05, 4.69) is 19.1 Å². The molecule has 2 nitrogen and oxygen atoms in total. The van der Waals surface area contributed by atoms with Crippen molar-refractivity contribution in [2.45, 2.75) is 84.5 Å². The molecule has 0 radical (unpaired) electrons. The lowest BCUT2D eigenvalue weighted by Gasteiger charge is -1.98. The van der Waals surface area contributed by atoms with Crippen molar-refractivity contribution in [1.82, 2.24) is 0 Å². The third kappa shape index (κ3) is 18.6. The fraction of sp³-hybridized carbons (Fsp3) is 0.609. The smallest absolute Gasteiger partial charge is 0.129 e. The van der Waals surface area contributed by atoms with Crippen molar-refractivity contribution in [3.05, 3.63) is 42.5 Å². The number of unbranched alkanes of at least 4 members (excludes halogenated alkanes) is 8. The van der Waals surface area contributed by atoms with Crippen LogP contribution in [0.15, 0.2) is 42.5 Å². The molecular weight excluding hydrogens is 308 g/mol. The van der Waals surface area contributed by atoms with E-state index in [1.54, 1.807) is 14.0 Å². The highest BCUT2D eigenvalue weighted by atomic mass is 16.5. The summed E-state index contributed by atoms with van der Waals surface area (Å²) in [5.74, 6) is 1.23. The Kier molecular flexibility index (Phi) is 17.6. The number of rotatable bonds is 13. The number of hydrogen-bond acceptors (Lipinski definition) is 2. The van der Waals surface area contributed by atoms with Crippen LogP contribution in [0.2, 0.25) is 0 Å². The molecule has 0 aliphatic carbocycles. The summed E-state index contributed by atoms with van der Waals surface area (Å²) in [6.07, 6.45) is 18.2. The van der Waals surface area contributed by atoms with Crippen LogP contribution < -0.4 is 4.74 Å². The molecule has 0 saturated carbocycles. The first-order valence-corrected chi connectivity index (χ1v) is 9.94. The Labute approximate surface area is 155 Å². The second-order valence-electron chi connectivity index (χ2n) is 6.49. The number of allylic oxidation sites excluding steroid dienone is 2. The Morgan fingerprint density at radius 1 is 0.880 bits per heavy atom. The van der Waals surface area contributed by atoms with Crippen molar-refractivity contribution in [2.75, 3.05) is 7.11 Å². The Bertz CT molecular complexity index is 423. The molecule has 0 atom stereocenters. The summed E-state index contributed by atoms with van der Waals surface area (Å²) in [7, 11) is 1.66. The highest BCUT2D eigenvalue weighted by Gasteiger charge is 1.92. The first-order valence-electron chi connectivity index (χ1n) is 9.94. The molecule has 142 valence electrons. The molecule has 0 aromatic heterocycles. The van der Waals surface area contributed by atoms with Gasteiger partial charge in [-0.1, -0.05) is 69.4 Å². The molecule has 0 aliphatic rings. The van der Waals surface area contributed by atoms with Gasteiger partial charge in [0.2, 0.25) is 0 Å². The third-order valence-electron chi connectivity index (χ3n) is 4.02. The molecule has 1 rings (SSSR count). The van der Waals surface area contributed by atoms with Crippen LogP contribution in [-0.2, 0) is 4.79 Å². The van der Waals surface area contributed by atoms with Gasteiger partial charge in [-0.05, 0) is 51.2 Å². The lowest BCUT2D eigenvalue weighted by molar-refractivity contribution is -0.117. The minimum absolute atomic E-state index is 0.320. The molecule has 1 aromatic carbocycles. The molecule has 0 heterocycles. The van der Waals surface area contributed by atoms with Crippen LogP contribution in [0.4, 0.5) is 0 Å². The van der Waals surface area contributed by atoms with Gasteiger partial charge in [0, 0.05) is 6.42 Å². The van der Waals surface area contributed by atoms with E-state index in [1.165, 1.54) is 44.9 Å². The van der Waals surface area contributed by atoms with Crippen molar-refractivity contribution >= 4 is 5.78 Å². The van der Waals surface area contributed by atoms with Gasteiger partial charge in [0.15, 0.2) is 0 Å². The molecule has 0 bridgehead atoms. The summed E-state index contributed by atoms with van der Waals surface area (Å²) in [6, 6.07) is 9.68. The quantitative estimate of drug-likeness (QED) is 0.280. The SMILES string of the molecule is CCCCCCCC/C=C/CCCCC(C)=O.COc1ccccc1. The summed E-state index contributed by atoms with van der Waals surface area (Å²) < 4.78 is 4.91. The van der Waals surface area contributed by atoms with Crippen LogP contribution in [-0.4, -0.2) is 12.9 Å². The van der Waals surface area contributed by atoms with E-state index < -0.39 is 0 Å². The van der Waals surface area contributed by atoms with E-state index in [0.29, 0.717) is 5.78 Å². The highest BCUT2D eigenvalue weighted by molar-refractivity contribution is 5.75. The maximum Gasteiger partial charge on any atom is 0.129 e. The van der Waals surface area contributed by atoms with Gasteiger partial charge in [0.05, 0.1) is 7.11 Å². The van der Waals surface area contributed by atoms with Crippen molar-refractivity contribution in [3.8, 4) is 5.75 Å². The van der Waals surface area contributed by atoms with E-state index in [9.17, 15) is 4.79 Å². The van der Waals surface area contributed by atoms with Crippen molar-refractivity contribution in [3.63, 3.8) is 0 Å². The second-order valence-corrected chi connectivity index (χ2v) is 6.49. The molecule has 0 N–H and O–H groups in total. The normalized spacial score (nSPS) is 10.4. The molecule has 0 aliphatic heterocycles. The Morgan fingerprint density at radius 2 is 1.44 bits per heavy atom. The number of benzene rings is 1. The molecular formula is C23H38O2. The number of methoxy groups -OCH3 is 1. The zero-order chi connectivity index (χ0) is 18.6. The zero-order valence-electron chi connectivity index (χ0n) is 16.6. The van der Waals surface area contributed by atoms with Crippen molar-refractivity contribution < 1.29 is 9.53 Å². The monoisotopic (exact) mass is 346 g/mol. The lowest BCUT2D eigenvalue weighted by Crippen LogP contribution is -1.88. The van der Waals surface area contributed by atoms with Gasteiger partial charge in [0.1, 0.15) is 11.5 Å². The van der Waals surface area contributed by atoms with Crippen LogP contribution in [0, 0.1) is 0 Å². The minimum atomic E-state index is 0.320. The summed E-state index contributed by atoms with van der Waals surface area (Å²) in [5, 5.41) is 0. The van der Waals surface area contributed by atoms with Crippen LogP contribution in [0.25, 0.3) is 0 Å². The van der Waals surface area contributed by atoms with Crippen molar-refractivity contribution in [2.24, 2.45) is 0 Å². The largest absolute Gasteiger partial charge is 0.497 e. The molecule has 0 spiro atoms. The predicted octanol–water partition coefficient (Wildman–Crippen LogP) is 7.14. The number of para-hydroxylation sites is 1. The summed E-state index contributed by atoms with van der Waals surface area (Å²) in [6.45, 7) is 3.93. The molecule has 1 aromatic rings. The lowest BCUT2D eigenvalue weighted by atomic mass is 10.1. The number of ketones is 1. The van der Waals surface area contributed by atoms with Gasteiger partial charge in [-0.3, -0.25) is 0 Å². The number of carbonyl (C=O) groups excluding carboxylic acids is 1. The minimum Gasteiger partial charge on any atom is -0.497 e. The van der Waals surface area contributed by atoms with Crippen molar-refractivity contribution in [1.29, 1.82) is 0 Å². The van der Waals surface area contributed by atoms with Crippen LogP contribution >= 0.6 is 0 Å². The van der Waals surface area contributed by atoms with E-state index in [4.69, 9.17) is 4.74 Å². The summed E-state index contributed by atoms with van der Waals surface area (Å²) in [4.78, 5) is 10.7.